The van der Waals surface area contributed by atoms with E-state index in [1.54, 1.807) is 0 Å². The van der Waals surface area contributed by atoms with Gasteiger partial charge in [-0.2, -0.15) is 0 Å². The molecule has 3 nitrogen and oxygen atoms in total. The van der Waals surface area contributed by atoms with Gasteiger partial charge in [-0.15, -0.1) is 0 Å². The molecule has 0 saturated carbocycles. The summed E-state index contributed by atoms with van der Waals surface area (Å²) >= 11 is 0. The standard InChI is InChI=1S/C16H23NO2/c1-3-19-16(18)12-13(2)17-10-8-14-6-4-5-7-15(14)9-11-17/h4-7,13H,3,8-12H2,1-2H3. The molecule has 0 aromatic heterocycles. The SMILES string of the molecule is CCOC(=O)CC(C)N1CCc2ccccc2CC1. The van der Waals surface area contributed by atoms with Crippen LogP contribution in [0.25, 0.3) is 0 Å². The molecule has 1 unspecified atom stereocenters. The first-order valence-electron chi connectivity index (χ1n) is 7.17. The van der Waals surface area contributed by atoms with Crippen molar-refractivity contribution in [2.75, 3.05) is 19.7 Å². The summed E-state index contributed by atoms with van der Waals surface area (Å²) in [4.78, 5) is 14.0. The second-order valence-electron chi connectivity index (χ2n) is 5.16. The molecular weight excluding hydrogens is 238 g/mol. The van der Waals surface area contributed by atoms with Gasteiger partial charge in [0.15, 0.2) is 0 Å². The van der Waals surface area contributed by atoms with Gasteiger partial charge >= 0.3 is 5.97 Å². The van der Waals surface area contributed by atoms with Crippen molar-refractivity contribution >= 4 is 5.97 Å². The summed E-state index contributed by atoms with van der Waals surface area (Å²) in [7, 11) is 0. The Hall–Kier alpha value is -1.35. The van der Waals surface area contributed by atoms with Crippen molar-refractivity contribution in [1.82, 2.24) is 4.90 Å². The molecule has 19 heavy (non-hydrogen) atoms. The van der Waals surface area contributed by atoms with Gasteiger partial charge in [-0.05, 0) is 37.8 Å². The summed E-state index contributed by atoms with van der Waals surface area (Å²) in [5.41, 5.74) is 2.90. The number of carbonyl (C=O) groups is 1. The van der Waals surface area contributed by atoms with E-state index in [-0.39, 0.29) is 12.0 Å². The highest BCUT2D eigenvalue weighted by Gasteiger charge is 2.20. The third kappa shape index (κ3) is 3.80. The van der Waals surface area contributed by atoms with Crippen LogP contribution < -0.4 is 0 Å². The summed E-state index contributed by atoms with van der Waals surface area (Å²) in [6.07, 6.45) is 2.64. The molecule has 1 aliphatic heterocycles. The Balaban J connectivity index is 1.92. The zero-order valence-corrected chi connectivity index (χ0v) is 11.9. The molecule has 1 aromatic carbocycles. The van der Waals surface area contributed by atoms with E-state index in [0.717, 1.165) is 25.9 Å². The maximum absolute atomic E-state index is 11.6. The molecule has 0 radical (unpaired) electrons. The number of carbonyl (C=O) groups excluding carboxylic acids is 1. The van der Waals surface area contributed by atoms with Gasteiger partial charge < -0.3 is 4.74 Å². The van der Waals surface area contributed by atoms with Crippen LogP contribution in [0.2, 0.25) is 0 Å². The molecule has 104 valence electrons. The van der Waals surface area contributed by atoms with Crippen molar-refractivity contribution in [3.05, 3.63) is 35.4 Å². The first-order valence-corrected chi connectivity index (χ1v) is 7.17. The summed E-state index contributed by atoms with van der Waals surface area (Å²) in [6, 6.07) is 8.91. The molecular formula is C16H23NO2. The second kappa shape index (κ2) is 6.71. The molecule has 1 heterocycles. The minimum absolute atomic E-state index is 0.0863. The molecule has 0 bridgehead atoms. The third-order valence-corrected chi connectivity index (χ3v) is 3.85. The Morgan fingerprint density at radius 3 is 2.37 bits per heavy atom. The Kier molecular flexibility index (Phi) is 4.97. The maximum Gasteiger partial charge on any atom is 0.307 e. The number of benzene rings is 1. The number of rotatable bonds is 4. The van der Waals surface area contributed by atoms with Crippen LogP contribution in [0.1, 0.15) is 31.4 Å². The van der Waals surface area contributed by atoms with E-state index in [9.17, 15) is 4.79 Å². The van der Waals surface area contributed by atoms with Crippen LogP contribution in [0.3, 0.4) is 0 Å². The predicted octanol–water partition coefficient (Wildman–Crippen LogP) is 2.43. The number of ether oxygens (including phenoxy) is 1. The van der Waals surface area contributed by atoms with Crippen LogP contribution in [-0.4, -0.2) is 36.6 Å². The van der Waals surface area contributed by atoms with Gasteiger partial charge in [-0.1, -0.05) is 24.3 Å². The lowest BCUT2D eigenvalue weighted by atomic mass is 10.0. The molecule has 0 amide bonds. The summed E-state index contributed by atoms with van der Waals surface area (Å²) in [5, 5.41) is 0. The highest BCUT2D eigenvalue weighted by molar-refractivity contribution is 5.70. The van der Waals surface area contributed by atoms with Crippen LogP contribution in [0.5, 0.6) is 0 Å². The lowest BCUT2D eigenvalue weighted by Gasteiger charge is -2.26. The fourth-order valence-electron chi connectivity index (χ4n) is 2.72. The zero-order chi connectivity index (χ0) is 13.7. The van der Waals surface area contributed by atoms with Gasteiger partial charge in [-0.25, -0.2) is 0 Å². The Labute approximate surface area is 115 Å². The molecule has 0 fully saturated rings. The van der Waals surface area contributed by atoms with E-state index in [4.69, 9.17) is 4.74 Å². The second-order valence-corrected chi connectivity index (χ2v) is 5.16. The largest absolute Gasteiger partial charge is 0.466 e. The lowest BCUT2D eigenvalue weighted by molar-refractivity contribution is -0.144. The highest BCUT2D eigenvalue weighted by atomic mass is 16.5. The predicted molar refractivity (Wildman–Crippen MR) is 76.1 cm³/mol. The first-order chi connectivity index (χ1) is 9.20. The maximum atomic E-state index is 11.6. The molecule has 0 spiro atoms. The average molecular weight is 261 g/mol. The molecule has 0 saturated heterocycles. The van der Waals surface area contributed by atoms with Gasteiger partial charge in [-0.3, -0.25) is 9.69 Å². The van der Waals surface area contributed by atoms with E-state index in [0.29, 0.717) is 13.0 Å². The lowest BCUT2D eigenvalue weighted by Crippen LogP contribution is -2.37. The minimum Gasteiger partial charge on any atom is -0.466 e. The zero-order valence-electron chi connectivity index (χ0n) is 11.9. The molecule has 1 aliphatic rings. The normalized spacial score (nSPS) is 17.4. The number of hydrogen-bond acceptors (Lipinski definition) is 3. The number of hydrogen-bond donors (Lipinski definition) is 0. The summed E-state index contributed by atoms with van der Waals surface area (Å²) in [5.74, 6) is -0.0863. The van der Waals surface area contributed by atoms with Crippen molar-refractivity contribution in [2.24, 2.45) is 0 Å². The monoisotopic (exact) mass is 261 g/mol. The fraction of sp³-hybridized carbons (Fsp3) is 0.562. The smallest absolute Gasteiger partial charge is 0.307 e. The van der Waals surface area contributed by atoms with Crippen LogP contribution in [-0.2, 0) is 22.4 Å². The first kappa shape index (κ1) is 14.1. The van der Waals surface area contributed by atoms with Gasteiger partial charge in [0, 0.05) is 19.1 Å². The molecule has 2 rings (SSSR count). The Morgan fingerprint density at radius 2 is 1.84 bits per heavy atom. The highest BCUT2D eigenvalue weighted by Crippen LogP contribution is 2.17. The molecule has 0 aliphatic carbocycles. The van der Waals surface area contributed by atoms with Crippen molar-refractivity contribution < 1.29 is 9.53 Å². The quantitative estimate of drug-likeness (QED) is 0.780. The van der Waals surface area contributed by atoms with Crippen LogP contribution in [0.4, 0.5) is 0 Å². The van der Waals surface area contributed by atoms with E-state index in [1.807, 2.05) is 6.92 Å². The molecule has 0 N–H and O–H groups in total. The number of nitrogens with zero attached hydrogens (tertiary/aromatic N) is 1. The van der Waals surface area contributed by atoms with Crippen molar-refractivity contribution in [3.8, 4) is 0 Å². The Morgan fingerprint density at radius 1 is 1.26 bits per heavy atom. The Bertz CT molecular complexity index is 404. The van der Waals surface area contributed by atoms with Gasteiger partial charge in [0.2, 0.25) is 0 Å². The van der Waals surface area contributed by atoms with Crippen LogP contribution in [0, 0.1) is 0 Å². The van der Waals surface area contributed by atoms with E-state index in [1.165, 1.54) is 11.1 Å². The summed E-state index contributed by atoms with van der Waals surface area (Å²) < 4.78 is 5.03. The van der Waals surface area contributed by atoms with Gasteiger partial charge in [0.05, 0.1) is 13.0 Å². The molecule has 1 atom stereocenters. The van der Waals surface area contributed by atoms with Gasteiger partial charge in [0.25, 0.3) is 0 Å². The fourth-order valence-corrected chi connectivity index (χ4v) is 2.72. The minimum atomic E-state index is -0.0863. The third-order valence-electron chi connectivity index (χ3n) is 3.85. The van der Waals surface area contributed by atoms with E-state index < -0.39 is 0 Å². The van der Waals surface area contributed by atoms with Crippen molar-refractivity contribution in [1.29, 1.82) is 0 Å². The van der Waals surface area contributed by atoms with E-state index >= 15 is 0 Å². The molecule has 3 heteroatoms. The van der Waals surface area contributed by atoms with Crippen LogP contribution in [0.15, 0.2) is 24.3 Å². The van der Waals surface area contributed by atoms with E-state index in [2.05, 4.69) is 36.1 Å². The molecule has 1 aromatic rings. The number of fused-ring (bicyclic) bond motifs is 1. The van der Waals surface area contributed by atoms with Gasteiger partial charge in [0.1, 0.15) is 0 Å². The number of esters is 1. The summed E-state index contributed by atoms with van der Waals surface area (Å²) in [6.45, 7) is 6.49. The van der Waals surface area contributed by atoms with Crippen molar-refractivity contribution in [3.63, 3.8) is 0 Å². The van der Waals surface area contributed by atoms with Crippen molar-refractivity contribution in [2.45, 2.75) is 39.2 Å². The van der Waals surface area contributed by atoms with Crippen LogP contribution >= 0.6 is 0 Å². The average Bonchev–Trinajstić information content (AvgIpc) is 2.61. The topological polar surface area (TPSA) is 29.5 Å².